The Hall–Kier alpha value is -1.53. The Labute approximate surface area is 133 Å². The van der Waals surface area contributed by atoms with E-state index >= 15 is 0 Å². The van der Waals surface area contributed by atoms with Gasteiger partial charge in [-0.2, -0.15) is 0 Å². The van der Waals surface area contributed by atoms with E-state index in [2.05, 4.69) is 20.7 Å². The van der Waals surface area contributed by atoms with Crippen LogP contribution in [0.3, 0.4) is 0 Å². The van der Waals surface area contributed by atoms with Gasteiger partial charge in [-0.1, -0.05) is 17.7 Å². The first-order valence-electron chi connectivity index (χ1n) is 6.36. The summed E-state index contributed by atoms with van der Waals surface area (Å²) in [6.45, 7) is 5.75. The van der Waals surface area contributed by atoms with E-state index in [-0.39, 0.29) is 4.90 Å². The number of anilines is 2. The fourth-order valence-electron chi connectivity index (χ4n) is 2.21. The van der Waals surface area contributed by atoms with Gasteiger partial charge < -0.3 is 5.73 Å². The molecule has 0 aliphatic heterocycles. The SMILES string of the molecule is Cc1cc(C)c(NS(=O)(=O)c2ccc(N)c(Br)c2)c(C)c1. The van der Waals surface area contributed by atoms with Crippen molar-refractivity contribution in [2.45, 2.75) is 25.7 Å². The van der Waals surface area contributed by atoms with Gasteiger partial charge in [-0.15, -0.1) is 0 Å². The average molecular weight is 369 g/mol. The zero-order valence-corrected chi connectivity index (χ0v) is 14.5. The van der Waals surface area contributed by atoms with Gasteiger partial charge in [0.2, 0.25) is 0 Å². The molecule has 0 heterocycles. The van der Waals surface area contributed by atoms with Crippen molar-refractivity contribution < 1.29 is 8.42 Å². The molecule has 0 saturated heterocycles. The van der Waals surface area contributed by atoms with Gasteiger partial charge in [0, 0.05) is 10.2 Å². The number of hydrogen-bond donors (Lipinski definition) is 2. The summed E-state index contributed by atoms with van der Waals surface area (Å²) in [7, 11) is -3.65. The largest absolute Gasteiger partial charge is 0.398 e. The van der Waals surface area contributed by atoms with Crippen LogP contribution in [0.2, 0.25) is 0 Å². The maximum atomic E-state index is 12.5. The summed E-state index contributed by atoms with van der Waals surface area (Å²) >= 11 is 3.25. The molecule has 4 nitrogen and oxygen atoms in total. The first-order chi connectivity index (χ1) is 9.70. The molecule has 2 rings (SSSR count). The predicted octanol–water partition coefficient (Wildman–Crippen LogP) is 3.76. The molecule has 0 aliphatic carbocycles. The Balaban J connectivity index is 2.44. The highest BCUT2D eigenvalue weighted by Crippen LogP contribution is 2.27. The Kier molecular flexibility index (Phi) is 4.30. The number of nitrogens with two attached hydrogens (primary N) is 1. The van der Waals surface area contributed by atoms with Crippen molar-refractivity contribution in [1.29, 1.82) is 0 Å². The maximum absolute atomic E-state index is 12.5. The number of nitrogens with one attached hydrogen (secondary N) is 1. The fourth-order valence-corrected chi connectivity index (χ4v) is 3.97. The van der Waals surface area contributed by atoms with E-state index in [1.54, 1.807) is 6.07 Å². The van der Waals surface area contributed by atoms with Crippen LogP contribution in [-0.2, 0) is 10.0 Å². The molecule has 0 saturated carbocycles. The van der Waals surface area contributed by atoms with Crippen LogP contribution in [0.4, 0.5) is 11.4 Å². The Morgan fingerprint density at radius 1 is 1.05 bits per heavy atom. The zero-order chi connectivity index (χ0) is 15.8. The fraction of sp³-hybridized carbons (Fsp3) is 0.200. The van der Waals surface area contributed by atoms with Gasteiger partial charge in [-0.3, -0.25) is 4.72 Å². The van der Waals surface area contributed by atoms with Crippen LogP contribution in [0.1, 0.15) is 16.7 Å². The van der Waals surface area contributed by atoms with Gasteiger partial charge >= 0.3 is 0 Å². The second-order valence-corrected chi connectivity index (χ2v) is 7.60. The van der Waals surface area contributed by atoms with Crippen LogP contribution >= 0.6 is 15.9 Å². The van der Waals surface area contributed by atoms with Crippen LogP contribution in [0.15, 0.2) is 39.7 Å². The first kappa shape index (κ1) is 15.9. The van der Waals surface area contributed by atoms with E-state index in [4.69, 9.17) is 5.73 Å². The smallest absolute Gasteiger partial charge is 0.261 e. The number of benzene rings is 2. The first-order valence-corrected chi connectivity index (χ1v) is 8.64. The van der Waals surface area contributed by atoms with Crippen LogP contribution < -0.4 is 10.5 Å². The second kappa shape index (κ2) is 5.69. The van der Waals surface area contributed by atoms with Gasteiger partial charge in [-0.25, -0.2) is 8.42 Å². The number of sulfonamides is 1. The quantitative estimate of drug-likeness (QED) is 0.810. The monoisotopic (exact) mass is 368 g/mol. The lowest BCUT2D eigenvalue weighted by Crippen LogP contribution is -2.15. The Bertz CT molecular complexity index is 778. The summed E-state index contributed by atoms with van der Waals surface area (Å²) in [5, 5.41) is 0. The van der Waals surface area contributed by atoms with Gasteiger partial charge in [0.1, 0.15) is 0 Å². The molecule has 0 bridgehead atoms. The lowest BCUT2D eigenvalue weighted by atomic mass is 10.1. The highest BCUT2D eigenvalue weighted by molar-refractivity contribution is 9.10. The number of nitrogen functional groups attached to an aromatic ring is 1. The minimum absolute atomic E-state index is 0.169. The molecule has 0 amide bonds. The van der Waals surface area contributed by atoms with Crippen molar-refractivity contribution in [3.05, 3.63) is 51.5 Å². The van der Waals surface area contributed by atoms with Crippen molar-refractivity contribution in [3.8, 4) is 0 Å². The van der Waals surface area contributed by atoms with Crippen LogP contribution in [0.25, 0.3) is 0 Å². The third-order valence-electron chi connectivity index (χ3n) is 3.20. The molecular formula is C15H17BrN2O2S. The molecule has 21 heavy (non-hydrogen) atoms. The molecule has 0 aliphatic rings. The summed E-state index contributed by atoms with van der Waals surface area (Å²) in [5.74, 6) is 0. The molecule has 2 aromatic rings. The van der Waals surface area contributed by atoms with Gasteiger partial charge in [0.05, 0.1) is 10.6 Å². The minimum Gasteiger partial charge on any atom is -0.398 e. The van der Waals surface area contributed by atoms with E-state index in [9.17, 15) is 8.42 Å². The third kappa shape index (κ3) is 3.39. The van der Waals surface area contributed by atoms with E-state index in [1.165, 1.54) is 12.1 Å². The summed E-state index contributed by atoms with van der Waals surface area (Å²) in [4.78, 5) is 0.169. The maximum Gasteiger partial charge on any atom is 0.261 e. The summed E-state index contributed by atoms with van der Waals surface area (Å²) in [5.41, 5.74) is 9.69. The standard InChI is InChI=1S/C15H17BrN2O2S/c1-9-6-10(2)15(11(3)7-9)18-21(19,20)12-4-5-14(17)13(16)8-12/h4-8,18H,17H2,1-3H3. The number of rotatable bonds is 3. The van der Waals surface area contributed by atoms with Crippen molar-refractivity contribution in [3.63, 3.8) is 0 Å². The topological polar surface area (TPSA) is 72.2 Å². The molecule has 0 unspecified atom stereocenters. The van der Waals surface area contributed by atoms with Crippen molar-refractivity contribution >= 4 is 37.3 Å². The van der Waals surface area contributed by atoms with Crippen LogP contribution in [0, 0.1) is 20.8 Å². The van der Waals surface area contributed by atoms with E-state index < -0.39 is 10.0 Å². The molecule has 2 aromatic carbocycles. The molecule has 0 radical (unpaired) electrons. The van der Waals surface area contributed by atoms with E-state index in [1.807, 2.05) is 32.9 Å². The zero-order valence-electron chi connectivity index (χ0n) is 12.1. The second-order valence-electron chi connectivity index (χ2n) is 5.06. The number of halogens is 1. The third-order valence-corrected chi connectivity index (χ3v) is 5.23. The number of aryl methyl sites for hydroxylation is 3. The molecule has 112 valence electrons. The molecule has 3 N–H and O–H groups in total. The van der Waals surface area contributed by atoms with Gasteiger partial charge in [0.15, 0.2) is 0 Å². The Morgan fingerprint density at radius 2 is 1.62 bits per heavy atom. The molecule has 0 spiro atoms. The summed E-state index contributed by atoms with van der Waals surface area (Å²) in [6, 6.07) is 8.44. The molecule has 0 fully saturated rings. The summed E-state index contributed by atoms with van der Waals surface area (Å²) < 4.78 is 28.2. The molecule has 0 aromatic heterocycles. The highest BCUT2D eigenvalue weighted by atomic mass is 79.9. The van der Waals surface area contributed by atoms with Crippen LogP contribution in [0.5, 0.6) is 0 Å². The lowest BCUT2D eigenvalue weighted by Gasteiger charge is -2.14. The normalized spacial score (nSPS) is 11.4. The average Bonchev–Trinajstić information content (AvgIpc) is 2.37. The molecule has 6 heteroatoms. The lowest BCUT2D eigenvalue weighted by molar-refractivity contribution is 0.601. The van der Waals surface area contributed by atoms with Crippen molar-refractivity contribution in [1.82, 2.24) is 0 Å². The van der Waals surface area contributed by atoms with Crippen molar-refractivity contribution in [2.75, 3.05) is 10.5 Å². The van der Waals surface area contributed by atoms with E-state index in [0.29, 0.717) is 15.8 Å². The molecular weight excluding hydrogens is 352 g/mol. The molecule has 0 atom stereocenters. The van der Waals surface area contributed by atoms with Gasteiger partial charge in [0.25, 0.3) is 10.0 Å². The summed E-state index contributed by atoms with van der Waals surface area (Å²) in [6.07, 6.45) is 0. The van der Waals surface area contributed by atoms with Crippen molar-refractivity contribution in [2.24, 2.45) is 0 Å². The predicted molar refractivity (Wildman–Crippen MR) is 90.0 cm³/mol. The minimum atomic E-state index is -3.65. The van der Waals surface area contributed by atoms with Gasteiger partial charge in [-0.05, 0) is 66.0 Å². The van der Waals surface area contributed by atoms with Crippen LogP contribution in [-0.4, -0.2) is 8.42 Å². The highest BCUT2D eigenvalue weighted by Gasteiger charge is 2.17. The Morgan fingerprint density at radius 3 is 2.14 bits per heavy atom. The number of hydrogen-bond acceptors (Lipinski definition) is 3. The van der Waals surface area contributed by atoms with E-state index in [0.717, 1.165) is 16.7 Å².